The highest BCUT2D eigenvalue weighted by Gasteiger charge is 2.26. The van der Waals surface area contributed by atoms with Gasteiger partial charge in [0.1, 0.15) is 0 Å². The molecule has 0 aromatic heterocycles. The van der Waals surface area contributed by atoms with Crippen molar-refractivity contribution in [3.63, 3.8) is 0 Å². The van der Waals surface area contributed by atoms with Crippen LogP contribution in [-0.2, 0) is 0 Å². The predicted octanol–water partition coefficient (Wildman–Crippen LogP) is 2.12. The van der Waals surface area contributed by atoms with Crippen LogP contribution in [0.15, 0.2) is 4.99 Å². The molecule has 0 bridgehead atoms. The van der Waals surface area contributed by atoms with E-state index in [0.29, 0.717) is 0 Å². The van der Waals surface area contributed by atoms with Crippen LogP contribution in [0.5, 0.6) is 0 Å². The fourth-order valence-corrected chi connectivity index (χ4v) is 1.97. The van der Waals surface area contributed by atoms with Crippen molar-refractivity contribution in [2.24, 2.45) is 4.99 Å². The minimum absolute atomic E-state index is 0. The van der Waals surface area contributed by atoms with Crippen molar-refractivity contribution in [3.8, 4) is 0 Å². The lowest BCUT2D eigenvalue weighted by molar-refractivity contribution is 0.289. The van der Waals surface area contributed by atoms with Crippen molar-refractivity contribution in [1.29, 1.82) is 0 Å². The monoisotopic (exact) mass is 311 g/mol. The molecular weight excluding hydrogens is 289 g/mol. The maximum Gasteiger partial charge on any atom is 0.191 e. The number of rotatable bonds is 1. The Morgan fingerprint density at radius 2 is 1.79 bits per heavy atom. The third-order valence-corrected chi connectivity index (χ3v) is 2.84. The molecule has 0 amide bonds. The second-order valence-corrected chi connectivity index (χ2v) is 4.07. The molecule has 1 fully saturated rings. The zero-order valence-corrected chi connectivity index (χ0v) is 11.7. The van der Waals surface area contributed by atoms with Gasteiger partial charge in [-0.3, -0.25) is 4.99 Å². The van der Waals surface area contributed by atoms with E-state index in [0.717, 1.165) is 5.96 Å². The molecular formula is C10H22IN3. The molecule has 1 saturated carbocycles. The van der Waals surface area contributed by atoms with Gasteiger partial charge in [0.2, 0.25) is 0 Å². The van der Waals surface area contributed by atoms with E-state index < -0.39 is 0 Å². The van der Waals surface area contributed by atoms with E-state index in [1.807, 2.05) is 14.1 Å². The molecule has 2 N–H and O–H groups in total. The fraction of sp³-hybridized carbons (Fsp3) is 0.900. The average molecular weight is 311 g/mol. The summed E-state index contributed by atoms with van der Waals surface area (Å²) in [6.07, 6.45) is 6.57. The van der Waals surface area contributed by atoms with Crippen molar-refractivity contribution in [2.75, 3.05) is 14.1 Å². The van der Waals surface area contributed by atoms with Gasteiger partial charge in [-0.25, -0.2) is 0 Å². The molecule has 0 aromatic rings. The average Bonchev–Trinajstić information content (AvgIpc) is 2.15. The van der Waals surface area contributed by atoms with E-state index in [2.05, 4.69) is 22.5 Å². The number of hydrogen-bond donors (Lipinski definition) is 2. The minimum atomic E-state index is 0. The maximum absolute atomic E-state index is 4.14. The molecule has 0 saturated heterocycles. The van der Waals surface area contributed by atoms with Gasteiger partial charge in [0.15, 0.2) is 5.96 Å². The SMILES string of the molecule is CN=C(NC)NC1(C)CCCCC1.I. The Kier molecular flexibility index (Phi) is 6.48. The first-order chi connectivity index (χ1) is 6.20. The third-order valence-electron chi connectivity index (χ3n) is 2.84. The first-order valence-electron chi connectivity index (χ1n) is 5.13. The smallest absolute Gasteiger partial charge is 0.191 e. The Balaban J connectivity index is 0.00000169. The predicted molar refractivity (Wildman–Crippen MR) is 72.5 cm³/mol. The topological polar surface area (TPSA) is 36.4 Å². The van der Waals surface area contributed by atoms with Gasteiger partial charge in [-0.1, -0.05) is 19.3 Å². The molecule has 0 aromatic carbocycles. The summed E-state index contributed by atoms with van der Waals surface area (Å²) in [6, 6.07) is 0. The van der Waals surface area contributed by atoms with Crippen LogP contribution in [0.3, 0.4) is 0 Å². The standard InChI is InChI=1S/C10H21N3.HI/c1-10(7-5-4-6-8-10)13-9(11-2)12-3;/h4-8H2,1-3H3,(H2,11,12,13);1H. The zero-order chi connectivity index (χ0) is 9.73. The summed E-state index contributed by atoms with van der Waals surface area (Å²) in [4.78, 5) is 4.14. The van der Waals surface area contributed by atoms with Crippen molar-refractivity contribution >= 4 is 29.9 Å². The first-order valence-corrected chi connectivity index (χ1v) is 5.13. The van der Waals surface area contributed by atoms with Crippen LogP contribution < -0.4 is 10.6 Å². The highest BCUT2D eigenvalue weighted by Crippen LogP contribution is 2.27. The second kappa shape index (κ2) is 6.48. The normalized spacial score (nSPS) is 20.9. The van der Waals surface area contributed by atoms with Gasteiger partial charge in [-0.05, 0) is 19.8 Å². The van der Waals surface area contributed by atoms with Crippen molar-refractivity contribution in [3.05, 3.63) is 0 Å². The lowest BCUT2D eigenvalue weighted by atomic mass is 9.83. The van der Waals surface area contributed by atoms with E-state index in [4.69, 9.17) is 0 Å². The zero-order valence-electron chi connectivity index (χ0n) is 9.39. The van der Waals surface area contributed by atoms with Gasteiger partial charge >= 0.3 is 0 Å². The Hall–Kier alpha value is 0. The van der Waals surface area contributed by atoms with Crippen LogP contribution in [0.2, 0.25) is 0 Å². The fourth-order valence-electron chi connectivity index (χ4n) is 1.97. The largest absolute Gasteiger partial charge is 0.359 e. The van der Waals surface area contributed by atoms with Gasteiger partial charge in [-0.15, -0.1) is 24.0 Å². The van der Waals surface area contributed by atoms with Crippen molar-refractivity contribution in [1.82, 2.24) is 10.6 Å². The molecule has 1 aliphatic rings. The van der Waals surface area contributed by atoms with E-state index in [9.17, 15) is 0 Å². The Labute approximate surface area is 104 Å². The van der Waals surface area contributed by atoms with Crippen LogP contribution in [0.1, 0.15) is 39.0 Å². The number of halogens is 1. The quantitative estimate of drug-likeness (QED) is 0.442. The lowest BCUT2D eigenvalue weighted by Gasteiger charge is -2.35. The molecule has 1 aliphatic carbocycles. The van der Waals surface area contributed by atoms with E-state index in [-0.39, 0.29) is 29.5 Å². The molecule has 1 rings (SSSR count). The molecule has 0 radical (unpaired) electrons. The van der Waals surface area contributed by atoms with Crippen molar-refractivity contribution < 1.29 is 0 Å². The lowest BCUT2D eigenvalue weighted by Crippen LogP contribution is -2.51. The molecule has 0 aliphatic heterocycles. The summed E-state index contributed by atoms with van der Waals surface area (Å²) < 4.78 is 0. The molecule has 3 nitrogen and oxygen atoms in total. The van der Waals surface area contributed by atoms with Gasteiger partial charge in [0, 0.05) is 19.6 Å². The highest BCUT2D eigenvalue weighted by molar-refractivity contribution is 14.0. The van der Waals surface area contributed by atoms with Crippen LogP contribution in [0.25, 0.3) is 0 Å². The summed E-state index contributed by atoms with van der Waals surface area (Å²) in [5, 5.41) is 6.53. The minimum Gasteiger partial charge on any atom is -0.359 e. The van der Waals surface area contributed by atoms with E-state index in [1.54, 1.807) is 0 Å². The second-order valence-electron chi connectivity index (χ2n) is 4.07. The number of nitrogens with zero attached hydrogens (tertiary/aromatic N) is 1. The number of aliphatic imine (C=N–C) groups is 1. The molecule has 0 spiro atoms. The molecule has 4 heteroatoms. The number of guanidine groups is 1. The molecule has 0 heterocycles. The molecule has 0 atom stereocenters. The third kappa shape index (κ3) is 4.02. The van der Waals surface area contributed by atoms with Gasteiger partial charge in [-0.2, -0.15) is 0 Å². The maximum atomic E-state index is 4.14. The summed E-state index contributed by atoms with van der Waals surface area (Å²) >= 11 is 0. The summed E-state index contributed by atoms with van der Waals surface area (Å²) in [7, 11) is 3.71. The van der Waals surface area contributed by atoms with Gasteiger partial charge in [0.25, 0.3) is 0 Å². The molecule has 0 unspecified atom stereocenters. The Morgan fingerprint density at radius 3 is 2.21 bits per heavy atom. The number of nitrogens with one attached hydrogen (secondary N) is 2. The Morgan fingerprint density at radius 1 is 1.21 bits per heavy atom. The summed E-state index contributed by atoms with van der Waals surface area (Å²) in [6.45, 7) is 2.29. The van der Waals surface area contributed by atoms with E-state index in [1.165, 1.54) is 32.1 Å². The van der Waals surface area contributed by atoms with E-state index >= 15 is 0 Å². The Bertz CT molecular complexity index is 186. The van der Waals surface area contributed by atoms with Gasteiger partial charge in [0.05, 0.1) is 0 Å². The van der Waals surface area contributed by atoms with Crippen LogP contribution in [-0.4, -0.2) is 25.6 Å². The summed E-state index contributed by atoms with van der Waals surface area (Å²) in [5.41, 5.74) is 0.260. The first kappa shape index (κ1) is 14.0. The molecule has 14 heavy (non-hydrogen) atoms. The summed E-state index contributed by atoms with van der Waals surface area (Å²) in [5.74, 6) is 0.907. The van der Waals surface area contributed by atoms with Gasteiger partial charge < -0.3 is 10.6 Å². The van der Waals surface area contributed by atoms with Crippen LogP contribution in [0, 0.1) is 0 Å². The highest BCUT2D eigenvalue weighted by atomic mass is 127. The molecule has 84 valence electrons. The van der Waals surface area contributed by atoms with Crippen LogP contribution >= 0.6 is 24.0 Å². The van der Waals surface area contributed by atoms with Crippen molar-refractivity contribution in [2.45, 2.75) is 44.6 Å². The van der Waals surface area contributed by atoms with Crippen LogP contribution in [0.4, 0.5) is 0 Å². The number of hydrogen-bond acceptors (Lipinski definition) is 1.